The molecule has 0 saturated carbocycles. The van der Waals surface area contributed by atoms with Crippen LogP contribution in [0.2, 0.25) is 0 Å². The summed E-state index contributed by atoms with van der Waals surface area (Å²) in [4.78, 5) is 29.2. The number of likely N-dealkylation sites (N-methyl/N-ethyl adjacent to an activating group) is 1. The largest absolute Gasteiger partial charge is 0.347 e. The molecule has 0 aliphatic carbocycles. The van der Waals surface area contributed by atoms with Gasteiger partial charge in [0.25, 0.3) is 0 Å². The minimum absolute atomic E-state index is 0.508. The monoisotopic (exact) mass is 193 g/mol. The van der Waals surface area contributed by atoms with E-state index in [0.29, 0.717) is 0 Å². The van der Waals surface area contributed by atoms with E-state index in [1.807, 2.05) is 0 Å². The zero-order valence-corrected chi connectivity index (χ0v) is 7.86. The fourth-order valence-electron chi connectivity index (χ4n) is 0.554. The van der Waals surface area contributed by atoms with E-state index in [-0.39, 0.29) is 0 Å². The van der Waals surface area contributed by atoms with Gasteiger partial charge in [-0.15, -0.1) is 0 Å². The second kappa shape index (κ2) is 3.85. The fourth-order valence-corrected chi connectivity index (χ4v) is 1.12. The van der Waals surface area contributed by atoms with Crippen LogP contribution in [0.25, 0.3) is 0 Å². The fraction of sp³-hybridized carbons (Fsp3) is 0.500. The first kappa shape index (κ1) is 11.4. The van der Waals surface area contributed by atoms with Crippen molar-refractivity contribution in [3.63, 3.8) is 0 Å². The highest BCUT2D eigenvalue weighted by Gasteiger charge is 2.29. The minimum Gasteiger partial charge on any atom is -0.328 e. The van der Waals surface area contributed by atoms with Crippen molar-refractivity contribution in [1.29, 1.82) is 0 Å². The molecule has 0 radical (unpaired) electrons. The van der Waals surface area contributed by atoms with Crippen LogP contribution in [0.5, 0.6) is 0 Å². The predicted octanol–water partition coefficient (Wildman–Crippen LogP) is 0.154. The Morgan fingerprint density at radius 1 is 1.67 bits per heavy atom. The molecule has 0 aliphatic heterocycles. The Morgan fingerprint density at radius 3 is 2.33 bits per heavy atom. The SMILES string of the molecule is C=CC(=O)N(C)C(C)P(=O)(O)O. The van der Waals surface area contributed by atoms with Gasteiger partial charge < -0.3 is 14.7 Å². The first-order chi connectivity index (χ1) is 5.30. The van der Waals surface area contributed by atoms with Crippen LogP contribution in [0.15, 0.2) is 12.7 Å². The summed E-state index contributed by atoms with van der Waals surface area (Å²) in [5.41, 5.74) is 0. The van der Waals surface area contributed by atoms with Crippen molar-refractivity contribution >= 4 is 13.5 Å². The van der Waals surface area contributed by atoms with Crippen molar-refractivity contribution < 1.29 is 19.1 Å². The average molecular weight is 193 g/mol. The minimum atomic E-state index is -4.22. The van der Waals surface area contributed by atoms with Gasteiger partial charge in [-0.2, -0.15) is 0 Å². The standard InChI is InChI=1S/C6H12NO4P/c1-4-6(8)7(3)5(2)12(9,10)11/h4-5H,1H2,2-3H3,(H2,9,10,11). The molecule has 1 atom stereocenters. The molecule has 0 bridgehead atoms. The highest BCUT2D eigenvalue weighted by atomic mass is 31.2. The number of hydrogen-bond acceptors (Lipinski definition) is 2. The number of rotatable bonds is 3. The Bertz CT molecular complexity index is 234. The van der Waals surface area contributed by atoms with E-state index in [1.54, 1.807) is 0 Å². The molecule has 0 aromatic carbocycles. The van der Waals surface area contributed by atoms with Gasteiger partial charge in [0.1, 0.15) is 5.78 Å². The van der Waals surface area contributed by atoms with E-state index in [1.165, 1.54) is 14.0 Å². The first-order valence-corrected chi connectivity index (χ1v) is 4.93. The van der Waals surface area contributed by atoms with E-state index in [4.69, 9.17) is 9.79 Å². The molecule has 0 rings (SSSR count). The highest BCUT2D eigenvalue weighted by molar-refractivity contribution is 7.52. The molecule has 0 aromatic heterocycles. The summed E-state index contributed by atoms with van der Waals surface area (Å²) in [5.74, 6) is -1.62. The topological polar surface area (TPSA) is 77.8 Å². The zero-order chi connectivity index (χ0) is 9.94. The van der Waals surface area contributed by atoms with Gasteiger partial charge in [-0.3, -0.25) is 9.36 Å². The van der Waals surface area contributed by atoms with Gasteiger partial charge >= 0.3 is 7.60 Å². The molecule has 1 amide bonds. The molecule has 0 fully saturated rings. The lowest BCUT2D eigenvalue weighted by Crippen LogP contribution is -2.33. The van der Waals surface area contributed by atoms with Crippen LogP contribution >= 0.6 is 7.60 Å². The number of nitrogens with zero attached hydrogens (tertiary/aromatic N) is 1. The van der Waals surface area contributed by atoms with Gasteiger partial charge in [0.2, 0.25) is 5.91 Å². The molecule has 6 heteroatoms. The Balaban J connectivity index is 4.50. The van der Waals surface area contributed by atoms with E-state index in [9.17, 15) is 9.36 Å². The van der Waals surface area contributed by atoms with Crippen molar-refractivity contribution in [2.45, 2.75) is 12.7 Å². The molecule has 0 aliphatic rings. The third-order valence-electron chi connectivity index (χ3n) is 1.57. The summed E-state index contributed by atoms with van der Waals surface area (Å²) in [7, 11) is -2.91. The number of amides is 1. The molecular formula is C6H12NO4P. The molecule has 0 spiro atoms. The molecule has 0 saturated heterocycles. The van der Waals surface area contributed by atoms with E-state index >= 15 is 0 Å². The van der Waals surface area contributed by atoms with E-state index in [0.717, 1.165) is 11.0 Å². The van der Waals surface area contributed by atoms with Crippen LogP contribution in [0.1, 0.15) is 6.92 Å². The highest BCUT2D eigenvalue weighted by Crippen LogP contribution is 2.42. The Hall–Kier alpha value is -0.640. The Labute approximate surface area is 70.8 Å². The number of hydrogen-bond donors (Lipinski definition) is 2. The van der Waals surface area contributed by atoms with Crippen molar-refractivity contribution in [3.05, 3.63) is 12.7 Å². The van der Waals surface area contributed by atoms with E-state index in [2.05, 4.69) is 6.58 Å². The van der Waals surface area contributed by atoms with Crippen molar-refractivity contribution in [3.8, 4) is 0 Å². The number of carbonyl (C=O) groups is 1. The van der Waals surface area contributed by atoms with Crippen LogP contribution in [0.3, 0.4) is 0 Å². The van der Waals surface area contributed by atoms with Crippen LogP contribution in [0, 0.1) is 0 Å². The van der Waals surface area contributed by atoms with Gasteiger partial charge in [-0.05, 0) is 13.0 Å². The molecule has 70 valence electrons. The van der Waals surface area contributed by atoms with Gasteiger partial charge in [-0.25, -0.2) is 0 Å². The quantitative estimate of drug-likeness (QED) is 0.494. The van der Waals surface area contributed by atoms with Gasteiger partial charge in [-0.1, -0.05) is 6.58 Å². The second-order valence-electron chi connectivity index (χ2n) is 2.37. The zero-order valence-electron chi connectivity index (χ0n) is 6.97. The molecule has 0 aromatic rings. The van der Waals surface area contributed by atoms with Gasteiger partial charge in [0, 0.05) is 7.05 Å². The van der Waals surface area contributed by atoms with Gasteiger partial charge in [0.05, 0.1) is 0 Å². The van der Waals surface area contributed by atoms with Crippen LogP contribution < -0.4 is 0 Å². The van der Waals surface area contributed by atoms with Crippen LogP contribution in [-0.2, 0) is 9.36 Å². The Morgan fingerprint density at radius 2 is 2.08 bits per heavy atom. The van der Waals surface area contributed by atoms with Crippen molar-refractivity contribution in [1.82, 2.24) is 4.90 Å². The average Bonchev–Trinajstić information content (AvgIpc) is 1.98. The van der Waals surface area contributed by atoms with Crippen LogP contribution in [-0.4, -0.2) is 33.4 Å². The lowest BCUT2D eigenvalue weighted by Gasteiger charge is -2.23. The molecular weight excluding hydrogens is 181 g/mol. The van der Waals surface area contributed by atoms with Crippen molar-refractivity contribution in [2.24, 2.45) is 0 Å². The van der Waals surface area contributed by atoms with Crippen LogP contribution in [0.4, 0.5) is 0 Å². The lowest BCUT2D eigenvalue weighted by molar-refractivity contribution is -0.125. The molecule has 1 unspecified atom stereocenters. The molecule has 2 N–H and O–H groups in total. The summed E-state index contributed by atoms with van der Waals surface area (Å²) in [6, 6.07) is 0. The maximum Gasteiger partial charge on any atom is 0.347 e. The summed E-state index contributed by atoms with van der Waals surface area (Å²) in [6.45, 7) is 4.48. The summed E-state index contributed by atoms with van der Waals surface area (Å²) in [5, 5.41) is 0. The third-order valence-corrected chi connectivity index (χ3v) is 2.89. The number of carbonyl (C=O) groups excluding carboxylic acids is 1. The summed E-state index contributed by atoms with van der Waals surface area (Å²) >= 11 is 0. The Kier molecular flexibility index (Phi) is 3.64. The smallest absolute Gasteiger partial charge is 0.328 e. The molecule has 5 nitrogen and oxygen atoms in total. The second-order valence-corrected chi connectivity index (χ2v) is 4.30. The van der Waals surface area contributed by atoms with Gasteiger partial charge in [0.15, 0.2) is 0 Å². The maximum atomic E-state index is 10.9. The van der Waals surface area contributed by atoms with E-state index < -0.39 is 19.3 Å². The normalized spacial score (nSPS) is 13.7. The molecule has 12 heavy (non-hydrogen) atoms. The lowest BCUT2D eigenvalue weighted by atomic mass is 10.5. The molecule has 0 heterocycles. The first-order valence-electron chi connectivity index (χ1n) is 3.25. The summed E-state index contributed by atoms with van der Waals surface area (Å²) < 4.78 is 10.7. The maximum absolute atomic E-state index is 10.9. The third kappa shape index (κ3) is 2.77. The predicted molar refractivity (Wildman–Crippen MR) is 44.5 cm³/mol. The van der Waals surface area contributed by atoms with Crippen molar-refractivity contribution in [2.75, 3.05) is 7.05 Å². The summed E-state index contributed by atoms with van der Waals surface area (Å²) in [6.07, 6.45) is 1.01.